The number of hydrogen-bond acceptors (Lipinski definition) is 6. The van der Waals surface area contributed by atoms with Crippen molar-refractivity contribution in [2.24, 2.45) is 4.40 Å². The van der Waals surface area contributed by atoms with Gasteiger partial charge in [-0.1, -0.05) is 36.4 Å². The Bertz CT molecular complexity index is 1170. The Hall–Kier alpha value is -3.17. The average Bonchev–Trinajstić information content (AvgIpc) is 3.30. The number of hydrogen-bond donors (Lipinski definition) is 1. The van der Waals surface area contributed by atoms with Crippen LogP contribution in [-0.4, -0.2) is 46.8 Å². The van der Waals surface area contributed by atoms with Crippen LogP contribution < -0.4 is 5.32 Å². The standard InChI is InChI=1S/C22H23N3O4S2/c1-25(2)15-24-31(27,28)20-13-17(22(26)29-3)12-18(21(20)19-10-7-11-30-19)23-14-16-8-5-4-6-9-16/h4-13,15,23H,14H2,1-3H3. The van der Waals surface area contributed by atoms with Crippen molar-refractivity contribution < 1.29 is 17.9 Å². The zero-order chi connectivity index (χ0) is 22.4. The third-order valence-electron chi connectivity index (χ3n) is 4.31. The van der Waals surface area contributed by atoms with E-state index in [1.165, 1.54) is 35.8 Å². The Morgan fingerprint density at radius 2 is 1.90 bits per heavy atom. The fourth-order valence-corrected chi connectivity index (χ4v) is 4.92. The van der Waals surface area contributed by atoms with E-state index in [1.54, 1.807) is 20.2 Å². The molecule has 0 unspecified atom stereocenters. The molecule has 3 rings (SSSR count). The monoisotopic (exact) mass is 457 g/mol. The first kappa shape index (κ1) is 22.5. The summed E-state index contributed by atoms with van der Waals surface area (Å²) in [5, 5.41) is 5.15. The number of nitrogens with zero attached hydrogens (tertiary/aromatic N) is 2. The predicted molar refractivity (Wildman–Crippen MR) is 124 cm³/mol. The maximum absolute atomic E-state index is 13.1. The molecule has 0 aliphatic heterocycles. The van der Waals surface area contributed by atoms with Gasteiger partial charge in [0.1, 0.15) is 11.2 Å². The van der Waals surface area contributed by atoms with Crippen LogP contribution in [0.15, 0.2) is 69.3 Å². The summed E-state index contributed by atoms with van der Waals surface area (Å²) < 4.78 is 34.9. The van der Waals surface area contributed by atoms with Gasteiger partial charge in [-0.3, -0.25) is 0 Å². The van der Waals surface area contributed by atoms with Crippen LogP contribution in [0.2, 0.25) is 0 Å². The Morgan fingerprint density at radius 1 is 1.16 bits per heavy atom. The Kier molecular flexibility index (Phi) is 7.09. The summed E-state index contributed by atoms with van der Waals surface area (Å²) in [6, 6.07) is 16.3. The second-order valence-corrected chi connectivity index (χ2v) is 9.41. The summed E-state index contributed by atoms with van der Waals surface area (Å²) in [5.74, 6) is -0.631. The number of thiophene rings is 1. The van der Waals surface area contributed by atoms with E-state index >= 15 is 0 Å². The molecular weight excluding hydrogens is 434 g/mol. The molecule has 31 heavy (non-hydrogen) atoms. The fraction of sp³-hybridized carbons (Fsp3) is 0.182. The number of nitrogens with one attached hydrogen (secondary N) is 1. The zero-order valence-electron chi connectivity index (χ0n) is 17.4. The molecule has 0 fully saturated rings. The minimum absolute atomic E-state index is 0.0634. The molecule has 0 amide bonds. The molecule has 0 aliphatic rings. The van der Waals surface area contributed by atoms with Crippen LogP contribution in [0.3, 0.4) is 0 Å². The van der Waals surface area contributed by atoms with E-state index in [0.29, 0.717) is 17.8 Å². The first-order valence-corrected chi connectivity index (χ1v) is 11.7. The van der Waals surface area contributed by atoms with Gasteiger partial charge in [-0.15, -0.1) is 15.7 Å². The number of carbonyl (C=O) groups is 1. The van der Waals surface area contributed by atoms with Gasteiger partial charge >= 0.3 is 5.97 Å². The van der Waals surface area contributed by atoms with Crippen LogP contribution in [0.25, 0.3) is 10.4 Å². The van der Waals surface area contributed by atoms with E-state index in [9.17, 15) is 13.2 Å². The topological polar surface area (TPSA) is 88.1 Å². The zero-order valence-corrected chi connectivity index (χ0v) is 19.0. The van der Waals surface area contributed by atoms with Crippen molar-refractivity contribution in [2.75, 3.05) is 26.5 Å². The van der Waals surface area contributed by atoms with Gasteiger partial charge in [0.2, 0.25) is 0 Å². The van der Waals surface area contributed by atoms with E-state index in [2.05, 4.69) is 9.71 Å². The van der Waals surface area contributed by atoms with E-state index in [4.69, 9.17) is 4.74 Å². The maximum atomic E-state index is 13.1. The molecule has 0 radical (unpaired) electrons. The van der Waals surface area contributed by atoms with Gasteiger partial charge in [-0.25, -0.2) is 4.79 Å². The van der Waals surface area contributed by atoms with Crippen molar-refractivity contribution in [2.45, 2.75) is 11.4 Å². The number of benzene rings is 2. The lowest BCUT2D eigenvalue weighted by atomic mass is 10.1. The third kappa shape index (κ3) is 5.50. The first-order valence-electron chi connectivity index (χ1n) is 9.37. The summed E-state index contributed by atoms with van der Waals surface area (Å²) in [6.45, 7) is 0.449. The van der Waals surface area contributed by atoms with Crippen LogP contribution in [0.1, 0.15) is 15.9 Å². The van der Waals surface area contributed by atoms with E-state index in [1.807, 2.05) is 47.8 Å². The van der Waals surface area contributed by atoms with Crippen molar-refractivity contribution in [1.82, 2.24) is 4.90 Å². The molecule has 1 aromatic heterocycles. The Morgan fingerprint density at radius 3 is 2.52 bits per heavy atom. The molecule has 0 saturated heterocycles. The number of carbonyl (C=O) groups excluding carboxylic acids is 1. The Labute approximate surface area is 186 Å². The van der Waals surface area contributed by atoms with Crippen LogP contribution in [0.5, 0.6) is 0 Å². The van der Waals surface area contributed by atoms with Crippen LogP contribution in [-0.2, 0) is 21.3 Å². The van der Waals surface area contributed by atoms with E-state index in [-0.39, 0.29) is 10.5 Å². The normalized spacial score (nSPS) is 11.5. The highest BCUT2D eigenvalue weighted by Crippen LogP contribution is 2.39. The van der Waals surface area contributed by atoms with Gasteiger partial charge in [-0.2, -0.15) is 8.42 Å². The van der Waals surface area contributed by atoms with Gasteiger partial charge in [0, 0.05) is 36.8 Å². The van der Waals surface area contributed by atoms with Gasteiger partial charge in [0.15, 0.2) is 0 Å². The lowest BCUT2D eigenvalue weighted by Gasteiger charge is -2.17. The largest absolute Gasteiger partial charge is 0.465 e. The summed E-state index contributed by atoms with van der Waals surface area (Å²) in [7, 11) is 0.515. The van der Waals surface area contributed by atoms with E-state index in [0.717, 1.165) is 10.4 Å². The van der Waals surface area contributed by atoms with Crippen molar-refractivity contribution in [1.29, 1.82) is 0 Å². The number of sulfonamides is 1. The predicted octanol–water partition coefficient (Wildman–Crippen LogP) is 4.09. The molecule has 0 atom stereocenters. The number of ether oxygens (including phenoxy) is 1. The summed E-state index contributed by atoms with van der Waals surface area (Å²) in [4.78, 5) is 14.5. The minimum atomic E-state index is -4.10. The molecule has 1 N–H and O–H groups in total. The summed E-state index contributed by atoms with van der Waals surface area (Å²) in [6.07, 6.45) is 1.22. The van der Waals surface area contributed by atoms with Gasteiger partial charge < -0.3 is 15.0 Å². The number of rotatable bonds is 8. The molecule has 0 bridgehead atoms. The smallest absolute Gasteiger partial charge is 0.337 e. The van der Waals surface area contributed by atoms with Crippen molar-refractivity contribution >= 4 is 39.4 Å². The molecule has 162 valence electrons. The van der Waals surface area contributed by atoms with E-state index < -0.39 is 16.0 Å². The summed E-state index contributed by atoms with van der Waals surface area (Å²) >= 11 is 1.40. The summed E-state index contributed by atoms with van der Waals surface area (Å²) in [5.41, 5.74) is 2.11. The van der Waals surface area contributed by atoms with Crippen molar-refractivity contribution in [3.05, 3.63) is 71.1 Å². The van der Waals surface area contributed by atoms with Gasteiger partial charge in [0.25, 0.3) is 10.0 Å². The van der Waals surface area contributed by atoms with Gasteiger partial charge in [0.05, 0.1) is 12.7 Å². The second kappa shape index (κ2) is 9.76. The number of methoxy groups -OCH3 is 1. The molecule has 0 spiro atoms. The maximum Gasteiger partial charge on any atom is 0.337 e. The fourth-order valence-electron chi connectivity index (χ4n) is 2.88. The van der Waals surface area contributed by atoms with Gasteiger partial charge in [-0.05, 0) is 29.1 Å². The number of anilines is 1. The van der Waals surface area contributed by atoms with Crippen molar-refractivity contribution in [3.8, 4) is 10.4 Å². The SMILES string of the molecule is COC(=O)c1cc(NCc2ccccc2)c(-c2cccs2)c(S(=O)(=O)N=CN(C)C)c1. The molecule has 0 saturated carbocycles. The molecule has 3 aromatic rings. The highest BCUT2D eigenvalue weighted by Gasteiger charge is 2.25. The highest BCUT2D eigenvalue weighted by molar-refractivity contribution is 7.90. The second-order valence-electron chi connectivity index (χ2n) is 6.86. The molecule has 9 heteroatoms. The average molecular weight is 458 g/mol. The van der Waals surface area contributed by atoms with Crippen LogP contribution in [0.4, 0.5) is 5.69 Å². The Balaban J connectivity index is 2.20. The lowest BCUT2D eigenvalue weighted by molar-refractivity contribution is 0.0600. The minimum Gasteiger partial charge on any atom is -0.465 e. The highest BCUT2D eigenvalue weighted by atomic mass is 32.2. The molecule has 7 nitrogen and oxygen atoms in total. The first-order chi connectivity index (χ1) is 14.8. The van der Waals surface area contributed by atoms with Crippen LogP contribution in [0, 0.1) is 0 Å². The third-order valence-corrected chi connectivity index (χ3v) is 6.45. The number of esters is 1. The van der Waals surface area contributed by atoms with Crippen molar-refractivity contribution in [3.63, 3.8) is 0 Å². The molecular formula is C22H23N3O4S2. The van der Waals surface area contributed by atoms with Crippen LogP contribution >= 0.6 is 11.3 Å². The molecule has 1 heterocycles. The molecule has 2 aromatic carbocycles. The lowest BCUT2D eigenvalue weighted by Crippen LogP contribution is -2.12. The molecule has 0 aliphatic carbocycles. The quantitative estimate of drug-likeness (QED) is 0.311.